The summed E-state index contributed by atoms with van der Waals surface area (Å²) in [6.07, 6.45) is 10.2. The SMILES string of the molecule is C.C.CC(C)(C)C1COC1c1ccccc1.CC(C)(C)C1COC1c1ccccn1.CC(C)(C)C1COC1c1cccnc1.CC(C)(C)C1COC1c1ccncc1. The lowest BCUT2D eigenvalue weighted by molar-refractivity contribution is -0.161. The minimum atomic E-state index is 0. The van der Waals surface area contributed by atoms with Crippen molar-refractivity contribution in [2.24, 2.45) is 45.3 Å². The molecule has 0 saturated carbocycles. The van der Waals surface area contributed by atoms with Gasteiger partial charge in [0.15, 0.2) is 0 Å². The maximum Gasteiger partial charge on any atom is 0.105 e. The Bertz CT molecular complexity index is 1470. The van der Waals surface area contributed by atoms with E-state index in [1.165, 1.54) is 16.7 Å². The summed E-state index contributed by atoms with van der Waals surface area (Å²) in [5, 5.41) is 0. The summed E-state index contributed by atoms with van der Waals surface area (Å²) in [4.78, 5) is 12.5. The van der Waals surface area contributed by atoms with Crippen molar-refractivity contribution in [1.82, 2.24) is 15.0 Å². The Morgan fingerprint density at radius 1 is 0.397 bits per heavy atom. The van der Waals surface area contributed by atoms with Crippen LogP contribution in [-0.2, 0) is 18.9 Å². The molecule has 0 N–H and O–H groups in total. The van der Waals surface area contributed by atoms with Gasteiger partial charge >= 0.3 is 0 Å². The van der Waals surface area contributed by atoms with Gasteiger partial charge in [0, 0.05) is 54.7 Å². The van der Waals surface area contributed by atoms with E-state index in [0.717, 1.165) is 32.1 Å². The van der Waals surface area contributed by atoms with Crippen LogP contribution in [0.2, 0.25) is 0 Å². The maximum atomic E-state index is 5.66. The molecule has 7 heterocycles. The van der Waals surface area contributed by atoms with Gasteiger partial charge < -0.3 is 18.9 Å². The molecular formula is C51H77N3O4. The fourth-order valence-corrected chi connectivity index (χ4v) is 7.53. The van der Waals surface area contributed by atoms with Crippen molar-refractivity contribution in [3.63, 3.8) is 0 Å². The molecule has 0 aliphatic carbocycles. The molecule has 320 valence electrons. The molecule has 4 fully saturated rings. The Morgan fingerprint density at radius 2 is 0.793 bits per heavy atom. The molecule has 4 aliphatic rings. The van der Waals surface area contributed by atoms with E-state index < -0.39 is 0 Å². The molecule has 8 rings (SSSR count). The first kappa shape index (κ1) is 48.9. The van der Waals surface area contributed by atoms with Gasteiger partial charge in [0.1, 0.15) is 6.10 Å². The van der Waals surface area contributed by atoms with E-state index in [4.69, 9.17) is 18.9 Å². The summed E-state index contributed by atoms with van der Waals surface area (Å²) in [5.41, 5.74) is 6.15. The van der Waals surface area contributed by atoms with Gasteiger partial charge in [-0.05, 0) is 68.7 Å². The van der Waals surface area contributed by atoms with Gasteiger partial charge in [-0.2, -0.15) is 0 Å². The van der Waals surface area contributed by atoms with Gasteiger partial charge in [-0.1, -0.05) is 140 Å². The standard InChI is InChI=1S/C13H18O.3C12H17NO.2CH4/c1-13(2,3)11-9-14-12(11)10-7-5-4-6-8-10;1-12(2,3)10-8-14-11(10)9-4-6-13-7-5-9;1-12(2,3)10-8-14-11(10)9-5-4-6-13-7-9;1-12(2,3)9-8-14-11(9)10-6-4-5-7-13-10;;/h4-8,11-12H,9H2,1-3H3;2*4-7,10-11H,8H2,1-3H3;4-7,9,11H,8H2,1-3H3;2*1H4. The van der Waals surface area contributed by atoms with Crippen LogP contribution in [0.3, 0.4) is 0 Å². The molecule has 4 saturated heterocycles. The molecule has 4 aliphatic heterocycles. The van der Waals surface area contributed by atoms with Crippen molar-refractivity contribution >= 4 is 0 Å². The Morgan fingerprint density at radius 3 is 1.16 bits per heavy atom. The molecule has 8 atom stereocenters. The zero-order valence-corrected chi connectivity index (χ0v) is 36.2. The topological polar surface area (TPSA) is 75.6 Å². The summed E-state index contributed by atoms with van der Waals surface area (Å²) in [6, 6.07) is 24.7. The van der Waals surface area contributed by atoms with Gasteiger partial charge in [-0.15, -0.1) is 0 Å². The predicted octanol–water partition coefficient (Wildman–Crippen LogP) is 13.1. The molecule has 0 radical (unpaired) electrons. The van der Waals surface area contributed by atoms with E-state index in [0.29, 0.717) is 51.4 Å². The van der Waals surface area contributed by atoms with Crippen LogP contribution < -0.4 is 0 Å². The lowest BCUT2D eigenvalue weighted by Gasteiger charge is -2.45. The van der Waals surface area contributed by atoms with Gasteiger partial charge in [0.2, 0.25) is 0 Å². The van der Waals surface area contributed by atoms with Crippen molar-refractivity contribution in [2.75, 3.05) is 26.4 Å². The number of benzene rings is 1. The van der Waals surface area contributed by atoms with E-state index in [9.17, 15) is 0 Å². The summed E-state index contributed by atoms with van der Waals surface area (Å²) in [6.45, 7) is 30.8. The highest BCUT2D eigenvalue weighted by Gasteiger charge is 2.44. The van der Waals surface area contributed by atoms with Gasteiger partial charge in [-0.25, -0.2) is 0 Å². The Kier molecular flexibility index (Phi) is 17.4. The lowest BCUT2D eigenvalue weighted by Crippen LogP contribution is -2.41. The largest absolute Gasteiger partial charge is 0.373 e. The van der Waals surface area contributed by atoms with Crippen molar-refractivity contribution in [1.29, 1.82) is 0 Å². The monoisotopic (exact) mass is 796 g/mol. The Balaban J connectivity index is 0.000000205. The van der Waals surface area contributed by atoms with Crippen LogP contribution in [-0.4, -0.2) is 41.4 Å². The van der Waals surface area contributed by atoms with E-state index >= 15 is 0 Å². The third-order valence-corrected chi connectivity index (χ3v) is 11.9. The summed E-state index contributed by atoms with van der Waals surface area (Å²) >= 11 is 0. The van der Waals surface area contributed by atoms with E-state index in [2.05, 4.69) is 128 Å². The highest BCUT2D eigenvalue weighted by Crippen LogP contribution is 2.48. The summed E-state index contributed by atoms with van der Waals surface area (Å²) in [5.74, 6) is 2.50. The smallest absolute Gasteiger partial charge is 0.105 e. The van der Waals surface area contributed by atoms with Crippen LogP contribution in [0.4, 0.5) is 0 Å². The van der Waals surface area contributed by atoms with Gasteiger partial charge in [0.05, 0.1) is 50.4 Å². The van der Waals surface area contributed by atoms with Crippen LogP contribution in [0.5, 0.6) is 0 Å². The van der Waals surface area contributed by atoms with Gasteiger partial charge in [0.25, 0.3) is 0 Å². The predicted molar refractivity (Wildman–Crippen MR) is 239 cm³/mol. The first-order chi connectivity index (χ1) is 26.4. The number of hydrogen-bond donors (Lipinski definition) is 0. The maximum absolute atomic E-state index is 5.66. The average Bonchev–Trinajstić information content (AvgIpc) is 3.03. The second kappa shape index (κ2) is 20.7. The molecule has 4 aromatic rings. The van der Waals surface area contributed by atoms with E-state index in [1.54, 1.807) is 6.20 Å². The fourth-order valence-electron chi connectivity index (χ4n) is 7.53. The van der Waals surface area contributed by atoms with Crippen molar-refractivity contribution in [3.8, 4) is 0 Å². The molecular weight excluding hydrogens is 719 g/mol. The second-order valence-electron chi connectivity index (χ2n) is 20.1. The lowest BCUT2D eigenvalue weighted by atomic mass is 9.73. The average molecular weight is 796 g/mol. The molecule has 0 amide bonds. The zero-order chi connectivity index (χ0) is 40.7. The number of ether oxygens (including phenoxy) is 4. The van der Waals surface area contributed by atoms with Crippen molar-refractivity contribution in [2.45, 2.75) is 122 Å². The highest BCUT2D eigenvalue weighted by molar-refractivity contribution is 5.21. The second-order valence-corrected chi connectivity index (χ2v) is 20.1. The molecule has 0 spiro atoms. The third kappa shape index (κ3) is 12.8. The van der Waals surface area contributed by atoms with Crippen LogP contribution in [0, 0.1) is 45.3 Å². The highest BCUT2D eigenvalue weighted by atomic mass is 16.5. The third-order valence-electron chi connectivity index (χ3n) is 11.9. The fraction of sp³-hybridized carbons (Fsp3) is 0.588. The van der Waals surface area contributed by atoms with Crippen molar-refractivity contribution < 1.29 is 18.9 Å². The molecule has 3 aromatic heterocycles. The molecule has 1 aromatic carbocycles. The molecule has 8 unspecified atom stereocenters. The normalized spacial score (nSPS) is 26.1. The van der Waals surface area contributed by atoms with Crippen molar-refractivity contribution in [3.05, 3.63) is 126 Å². The van der Waals surface area contributed by atoms with Crippen LogP contribution in [0.15, 0.2) is 104 Å². The summed E-state index contributed by atoms with van der Waals surface area (Å²) in [7, 11) is 0. The van der Waals surface area contributed by atoms with Crippen LogP contribution >= 0.6 is 0 Å². The van der Waals surface area contributed by atoms with Gasteiger partial charge in [-0.3, -0.25) is 15.0 Å². The number of pyridine rings is 3. The molecule has 7 nitrogen and oxygen atoms in total. The van der Waals surface area contributed by atoms with Crippen LogP contribution in [0.1, 0.15) is 145 Å². The quantitative estimate of drug-likeness (QED) is 0.204. The molecule has 7 heteroatoms. The Labute approximate surface area is 353 Å². The first-order valence-corrected chi connectivity index (χ1v) is 20.6. The minimum absolute atomic E-state index is 0. The molecule has 58 heavy (non-hydrogen) atoms. The number of rotatable bonds is 4. The first-order valence-electron chi connectivity index (χ1n) is 20.6. The molecule has 0 bridgehead atoms. The Hall–Kier alpha value is -3.49. The number of hydrogen-bond acceptors (Lipinski definition) is 7. The van der Waals surface area contributed by atoms with E-state index in [1.807, 2.05) is 67.3 Å². The zero-order valence-electron chi connectivity index (χ0n) is 36.2. The van der Waals surface area contributed by atoms with Crippen LogP contribution in [0.25, 0.3) is 0 Å². The number of aromatic nitrogens is 3. The number of nitrogens with zero attached hydrogens (tertiary/aromatic N) is 3. The minimum Gasteiger partial charge on any atom is -0.373 e. The summed E-state index contributed by atoms with van der Waals surface area (Å²) < 4.78 is 22.5. The van der Waals surface area contributed by atoms with E-state index in [-0.39, 0.29) is 33.2 Å².